The van der Waals surface area contributed by atoms with E-state index in [-0.39, 0.29) is 11.9 Å². The van der Waals surface area contributed by atoms with Gasteiger partial charge in [-0.15, -0.1) is 0 Å². The molecule has 0 bridgehead atoms. The van der Waals surface area contributed by atoms with E-state index in [0.717, 1.165) is 12.0 Å². The fourth-order valence-electron chi connectivity index (χ4n) is 2.62. The molecule has 0 aromatic heterocycles. The number of fused-ring (bicyclic) bond motifs is 1. The van der Waals surface area contributed by atoms with Crippen molar-refractivity contribution in [2.75, 3.05) is 6.61 Å². The molecule has 0 amide bonds. The molecule has 0 spiro atoms. The lowest BCUT2D eigenvalue weighted by atomic mass is 9.78. The molecule has 2 nitrogen and oxygen atoms in total. The van der Waals surface area contributed by atoms with Crippen molar-refractivity contribution in [1.82, 2.24) is 0 Å². The van der Waals surface area contributed by atoms with Crippen molar-refractivity contribution in [3.05, 3.63) is 65.0 Å². The summed E-state index contributed by atoms with van der Waals surface area (Å²) in [5, 5.41) is 0. The molecular formula is C17H18FNO. The van der Waals surface area contributed by atoms with Gasteiger partial charge in [0.05, 0.1) is 6.61 Å². The van der Waals surface area contributed by atoms with Crippen LogP contribution < -0.4 is 10.5 Å². The van der Waals surface area contributed by atoms with Crippen molar-refractivity contribution in [3.63, 3.8) is 0 Å². The van der Waals surface area contributed by atoms with Gasteiger partial charge in [0.15, 0.2) is 11.6 Å². The quantitative estimate of drug-likeness (QED) is 0.922. The fraction of sp³-hybridized carbons (Fsp3) is 0.294. The molecule has 2 aromatic rings. The first kappa shape index (κ1) is 13.1. The SMILES string of the molecule is C[C@H](N)c1ccc(OCC2Cc3ccccc32)c(F)c1. The first-order valence-corrected chi connectivity index (χ1v) is 6.91. The van der Waals surface area contributed by atoms with Crippen LogP contribution in [0.4, 0.5) is 4.39 Å². The molecule has 1 unspecified atom stereocenters. The largest absolute Gasteiger partial charge is 0.490 e. The minimum Gasteiger partial charge on any atom is -0.490 e. The molecule has 2 N–H and O–H groups in total. The smallest absolute Gasteiger partial charge is 0.165 e. The summed E-state index contributed by atoms with van der Waals surface area (Å²) in [6.45, 7) is 2.35. The van der Waals surface area contributed by atoms with E-state index >= 15 is 0 Å². The molecule has 2 atom stereocenters. The highest BCUT2D eigenvalue weighted by molar-refractivity contribution is 5.40. The van der Waals surface area contributed by atoms with Crippen LogP contribution in [0.15, 0.2) is 42.5 Å². The number of nitrogens with two attached hydrogens (primary N) is 1. The van der Waals surface area contributed by atoms with Crippen molar-refractivity contribution < 1.29 is 9.13 Å². The summed E-state index contributed by atoms with van der Waals surface area (Å²) >= 11 is 0. The van der Waals surface area contributed by atoms with E-state index in [1.807, 2.05) is 25.1 Å². The molecule has 0 heterocycles. The van der Waals surface area contributed by atoms with Crippen LogP contribution >= 0.6 is 0 Å². The second-order valence-corrected chi connectivity index (χ2v) is 5.39. The minimum absolute atomic E-state index is 0.169. The lowest BCUT2D eigenvalue weighted by Crippen LogP contribution is -2.23. The number of rotatable bonds is 4. The fourth-order valence-corrected chi connectivity index (χ4v) is 2.62. The Hall–Kier alpha value is -1.87. The maximum absolute atomic E-state index is 13.9. The van der Waals surface area contributed by atoms with Crippen LogP contribution in [0, 0.1) is 5.82 Å². The second-order valence-electron chi connectivity index (χ2n) is 5.39. The predicted octanol–water partition coefficient (Wildman–Crippen LogP) is 3.56. The van der Waals surface area contributed by atoms with Gasteiger partial charge in [0.1, 0.15) is 0 Å². The van der Waals surface area contributed by atoms with E-state index in [1.165, 1.54) is 17.2 Å². The Bertz CT molecular complexity index is 624. The summed E-state index contributed by atoms with van der Waals surface area (Å²) in [6.07, 6.45) is 1.01. The maximum atomic E-state index is 13.9. The van der Waals surface area contributed by atoms with Crippen LogP contribution in [0.5, 0.6) is 5.75 Å². The summed E-state index contributed by atoms with van der Waals surface area (Å²) in [7, 11) is 0. The molecule has 3 heteroatoms. The number of hydrogen-bond donors (Lipinski definition) is 1. The first-order valence-electron chi connectivity index (χ1n) is 6.91. The number of benzene rings is 2. The Morgan fingerprint density at radius 2 is 2.10 bits per heavy atom. The van der Waals surface area contributed by atoms with Crippen LogP contribution in [0.3, 0.4) is 0 Å². The van der Waals surface area contributed by atoms with Crippen LogP contribution in [0.25, 0.3) is 0 Å². The standard InChI is InChI=1S/C17H18FNO/c1-11(19)12-6-7-17(16(18)9-12)20-10-14-8-13-4-2-3-5-15(13)14/h2-7,9,11,14H,8,10,19H2,1H3/t11-,14?/m0/s1. The van der Waals surface area contributed by atoms with Gasteiger partial charge in [0, 0.05) is 12.0 Å². The molecule has 0 radical (unpaired) electrons. The van der Waals surface area contributed by atoms with E-state index in [0.29, 0.717) is 18.3 Å². The molecule has 1 aliphatic carbocycles. The number of halogens is 1. The third-order valence-corrected chi connectivity index (χ3v) is 3.88. The van der Waals surface area contributed by atoms with Gasteiger partial charge in [-0.1, -0.05) is 30.3 Å². The Balaban J connectivity index is 1.65. The predicted molar refractivity (Wildman–Crippen MR) is 77.4 cm³/mol. The Labute approximate surface area is 118 Å². The van der Waals surface area contributed by atoms with E-state index < -0.39 is 0 Å². The van der Waals surface area contributed by atoms with Gasteiger partial charge in [-0.3, -0.25) is 0 Å². The summed E-state index contributed by atoms with van der Waals surface area (Å²) < 4.78 is 19.5. The van der Waals surface area contributed by atoms with Crippen molar-refractivity contribution in [1.29, 1.82) is 0 Å². The molecule has 2 aromatic carbocycles. The van der Waals surface area contributed by atoms with Gasteiger partial charge < -0.3 is 10.5 Å². The molecule has 0 fully saturated rings. The molecule has 20 heavy (non-hydrogen) atoms. The highest BCUT2D eigenvalue weighted by atomic mass is 19.1. The van der Waals surface area contributed by atoms with E-state index in [1.54, 1.807) is 6.07 Å². The molecule has 104 valence electrons. The average Bonchev–Trinajstić information content (AvgIpc) is 2.41. The van der Waals surface area contributed by atoms with Gasteiger partial charge in [-0.25, -0.2) is 4.39 Å². The lowest BCUT2D eigenvalue weighted by Gasteiger charge is -2.29. The van der Waals surface area contributed by atoms with Crippen molar-refractivity contribution in [2.45, 2.75) is 25.3 Å². The minimum atomic E-state index is -0.340. The molecular weight excluding hydrogens is 253 g/mol. The average molecular weight is 271 g/mol. The van der Waals surface area contributed by atoms with Crippen LogP contribution in [0.2, 0.25) is 0 Å². The topological polar surface area (TPSA) is 35.2 Å². The second kappa shape index (κ2) is 5.25. The summed E-state index contributed by atoms with van der Waals surface area (Å²) in [6, 6.07) is 13.1. The van der Waals surface area contributed by atoms with Crippen LogP contribution in [0.1, 0.15) is 35.6 Å². The zero-order chi connectivity index (χ0) is 14.1. The zero-order valence-electron chi connectivity index (χ0n) is 11.5. The van der Waals surface area contributed by atoms with Crippen LogP contribution in [-0.2, 0) is 6.42 Å². The van der Waals surface area contributed by atoms with Gasteiger partial charge in [0.2, 0.25) is 0 Å². The third kappa shape index (κ3) is 2.41. The molecule has 0 aliphatic heterocycles. The van der Waals surface area contributed by atoms with E-state index in [4.69, 9.17) is 10.5 Å². The highest BCUT2D eigenvalue weighted by Gasteiger charge is 2.26. The highest BCUT2D eigenvalue weighted by Crippen LogP contribution is 2.35. The van der Waals surface area contributed by atoms with Crippen molar-refractivity contribution >= 4 is 0 Å². The molecule has 3 rings (SSSR count). The molecule has 1 aliphatic rings. The molecule has 0 saturated heterocycles. The summed E-state index contributed by atoms with van der Waals surface area (Å²) in [5.74, 6) is 0.338. The molecule has 0 saturated carbocycles. The van der Waals surface area contributed by atoms with Gasteiger partial charge >= 0.3 is 0 Å². The first-order chi connectivity index (χ1) is 9.65. The van der Waals surface area contributed by atoms with E-state index in [9.17, 15) is 4.39 Å². The van der Waals surface area contributed by atoms with Gasteiger partial charge in [-0.05, 0) is 42.2 Å². The number of ether oxygens (including phenoxy) is 1. The third-order valence-electron chi connectivity index (χ3n) is 3.88. The summed E-state index contributed by atoms with van der Waals surface area (Å²) in [5.41, 5.74) is 9.20. The van der Waals surface area contributed by atoms with Crippen molar-refractivity contribution in [2.24, 2.45) is 5.73 Å². The lowest BCUT2D eigenvalue weighted by molar-refractivity contribution is 0.263. The Kier molecular flexibility index (Phi) is 3.45. The number of hydrogen-bond acceptors (Lipinski definition) is 2. The summed E-state index contributed by atoms with van der Waals surface area (Å²) in [4.78, 5) is 0. The Morgan fingerprint density at radius 1 is 1.30 bits per heavy atom. The maximum Gasteiger partial charge on any atom is 0.165 e. The van der Waals surface area contributed by atoms with E-state index in [2.05, 4.69) is 12.1 Å². The normalized spacial score (nSPS) is 18.1. The van der Waals surface area contributed by atoms with Crippen LogP contribution in [-0.4, -0.2) is 6.61 Å². The Morgan fingerprint density at radius 3 is 2.80 bits per heavy atom. The van der Waals surface area contributed by atoms with Crippen molar-refractivity contribution in [3.8, 4) is 5.75 Å². The zero-order valence-corrected chi connectivity index (χ0v) is 11.5. The monoisotopic (exact) mass is 271 g/mol. The van der Waals surface area contributed by atoms with Gasteiger partial charge in [0.25, 0.3) is 0 Å². The van der Waals surface area contributed by atoms with Gasteiger partial charge in [-0.2, -0.15) is 0 Å².